The molecule has 4 unspecified atom stereocenters. The van der Waals surface area contributed by atoms with Gasteiger partial charge in [0.25, 0.3) is 5.91 Å². The SMILES string of the molecule is CCCCc1ccc(-c2nc(C)c(C(=O)NC(CCN)C(=O)N(C)C3C(=O)NC(C)C(=O)NC(C(=O)NCC#N)Cc4ccc(OCCN)c(c4)-c4cc3ccc4OCCN)c(C)n2)nc1. The monoisotopic (exact) mass is 904 g/mol. The van der Waals surface area contributed by atoms with Gasteiger partial charge in [-0.05, 0) is 93.6 Å². The van der Waals surface area contributed by atoms with Crippen LogP contribution in [0.4, 0.5) is 0 Å². The minimum absolute atomic E-state index is 0.000141. The first-order valence-corrected chi connectivity index (χ1v) is 22.0. The molecule has 4 aromatic rings. The number of nitrogens with zero attached hydrogens (tertiary/aromatic N) is 5. The number of hydrogen-bond acceptors (Lipinski definition) is 14. The number of ether oxygens (including phenoxy) is 2. The highest BCUT2D eigenvalue weighted by Crippen LogP contribution is 2.40. The van der Waals surface area contributed by atoms with Crippen molar-refractivity contribution >= 4 is 29.5 Å². The first kappa shape index (κ1) is 50.0. The first-order valence-electron chi connectivity index (χ1n) is 22.0. The number of benzene rings is 2. The normalized spacial score (nSPS) is 16.4. The summed E-state index contributed by atoms with van der Waals surface area (Å²) in [7, 11) is 1.41. The van der Waals surface area contributed by atoms with E-state index in [1.807, 2.05) is 18.2 Å². The van der Waals surface area contributed by atoms with E-state index >= 15 is 0 Å². The van der Waals surface area contributed by atoms with E-state index in [4.69, 9.17) is 31.9 Å². The summed E-state index contributed by atoms with van der Waals surface area (Å²) in [6, 6.07) is 10.8. The van der Waals surface area contributed by atoms with Gasteiger partial charge >= 0.3 is 0 Å². The third kappa shape index (κ3) is 12.4. The fraction of sp³-hybridized carbons (Fsp3) is 0.426. The third-order valence-electron chi connectivity index (χ3n) is 11.0. The van der Waals surface area contributed by atoms with Crippen LogP contribution in [-0.4, -0.2) is 114 Å². The topological polar surface area (TPSA) is 296 Å². The predicted octanol–water partition coefficient (Wildman–Crippen LogP) is 1.67. The lowest BCUT2D eigenvalue weighted by molar-refractivity contribution is -0.141. The van der Waals surface area contributed by atoms with E-state index in [0.29, 0.717) is 56.7 Å². The highest BCUT2D eigenvalue weighted by molar-refractivity contribution is 6.00. The van der Waals surface area contributed by atoms with Gasteiger partial charge in [0.1, 0.15) is 61.1 Å². The standard InChI is InChI=1S/C47H60N12O7/c1-6-7-8-30-9-12-35(53-26-30)42-54-27(2)40(28(3)55-42)45(62)57-36(15-16-48)47(64)59(5)41-32-11-14-39(66-22-19-51)34(25-32)33-23-31(10-13-38(33)65-21-18-50)24-37(44(61)52-20-17-49)58-43(60)29(4)56-46(41)63/h9-14,23,25-26,29,36-37,41H,6-8,15-16,18-22,24,48,50-51H2,1-5H3,(H,52,61)(H,56,63)(H,57,62)(H,58,60). The zero-order chi connectivity index (χ0) is 47.9. The summed E-state index contributed by atoms with van der Waals surface area (Å²) < 4.78 is 12.2. The summed E-state index contributed by atoms with van der Waals surface area (Å²) in [6.45, 7) is 7.26. The number of aromatic nitrogens is 3. The van der Waals surface area contributed by atoms with Gasteiger partial charge in [0.05, 0.1) is 23.0 Å². The second-order valence-corrected chi connectivity index (χ2v) is 15.9. The fourth-order valence-electron chi connectivity index (χ4n) is 7.61. The summed E-state index contributed by atoms with van der Waals surface area (Å²) in [4.78, 5) is 85.4. The molecular formula is C47H60N12O7. The number of nitrogens with one attached hydrogen (secondary N) is 4. The third-order valence-corrected chi connectivity index (χ3v) is 11.0. The number of nitrogens with two attached hydrogens (primary N) is 3. The molecule has 10 N–H and O–H groups in total. The molecule has 19 heteroatoms. The zero-order valence-corrected chi connectivity index (χ0v) is 38.1. The van der Waals surface area contributed by atoms with E-state index in [-0.39, 0.29) is 57.8 Å². The average Bonchev–Trinajstić information content (AvgIpc) is 3.30. The van der Waals surface area contributed by atoms with Crippen LogP contribution in [0.2, 0.25) is 0 Å². The minimum Gasteiger partial charge on any atom is -0.492 e. The van der Waals surface area contributed by atoms with E-state index in [9.17, 15) is 24.0 Å². The van der Waals surface area contributed by atoms with Crippen LogP contribution in [0.1, 0.15) is 77.6 Å². The molecule has 19 nitrogen and oxygen atoms in total. The molecule has 4 bridgehead atoms. The molecule has 1 aliphatic heterocycles. The lowest BCUT2D eigenvalue weighted by atomic mass is 9.93. The molecule has 5 amide bonds. The van der Waals surface area contributed by atoms with Crippen LogP contribution in [0.25, 0.3) is 22.6 Å². The Hall–Kier alpha value is -7.01. The smallest absolute Gasteiger partial charge is 0.255 e. The van der Waals surface area contributed by atoms with Gasteiger partial charge in [-0.25, -0.2) is 9.97 Å². The van der Waals surface area contributed by atoms with Gasteiger partial charge < -0.3 is 52.8 Å². The van der Waals surface area contributed by atoms with Gasteiger partial charge in [-0.15, -0.1) is 0 Å². The van der Waals surface area contributed by atoms with E-state index in [1.54, 1.807) is 56.4 Å². The number of unbranched alkanes of at least 4 members (excludes halogenated alkanes) is 1. The highest BCUT2D eigenvalue weighted by atomic mass is 16.5. The van der Waals surface area contributed by atoms with Crippen molar-refractivity contribution in [1.29, 1.82) is 5.26 Å². The fourth-order valence-corrected chi connectivity index (χ4v) is 7.61. The first-order chi connectivity index (χ1) is 31.7. The maximum Gasteiger partial charge on any atom is 0.255 e. The van der Waals surface area contributed by atoms with Crippen LogP contribution in [0.3, 0.4) is 0 Å². The zero-order valence-electron chi connectivity index (χ0n) is 38.1. The molecule has 0 radical (unpaired) electrons. The van der Waals surface area contributed by atoms with E-state index in [1.165, 1.54) is 18.9 Å². The lowest BCUT2D eigenvalue weighted by Gasteiger charge is -2.32. The Balaban J connectivity index is 1.56. The van der Waals surface area contributed by atoms with Crippen LogP contribution in [0, 0.1) is 25.2 Å². The molecule has 2 aromatic carbocycles. The Morgan fingerprint density at radius 2 is 1.59 bits per heavy atom. The number of amides is 5. The van der Waals surface area contributed by atoms with E-state index < -0.39 is 53.7 Å². The number of carbonyl (C=O) groups is 5. The van der Waals surface area contributed by atoms with Crippen LogP contribution in [0.15, 0.2) is 54.7 Å². The van der Waals surface area contributed by atoms with Crippen LogP contribution in [0.5, 0.6) is 11.5 Å². The van der Waals surface area contributed by atoms with Gasteiger partial charge in [-0.3, -0.25) is 29.0 Å². The minimum atomic E-state index is -1.41. The van der Waals surface area contributed by atoms with Crippen molar-refractivity contribution in [2.75, 3.05) is 46.4 Å². The molecule has 4 atom stereocenters. The van der Waals surface area contributed by atoms with Crippen molar-refractivity contribution in [3.63, 3.8) is 0 Å². The van der Waals surface area contributed by atoms with Crippen molar-refractivity contribution in [3.05, 3.63) is 88.4 Å². The Labute approximate surface area is 384 Å². The highest BCUT2D eigenvalue weighted by Gasteiger charge is 2.36. The van der Waals surface area contributed by atoms with Crippen molar-refractivity contribution in [2.24, 2.45) is 17.2 Å². The Bertz CT molecular complexity index is 2400. The summed E-state index contributed by atoms with van der Waals surface area (Å²) >= 11 is 0. The number of nitriles is 1. The molecule has 0 spiro atoms. The quantitative estimate of drug-likeness (QED) is 0.0700. The van der Waals surface area contributed by atoms with Gasteiger partial charge in [0.15, 0.2) is 5.82 Å². The summed E-state index contributed by atoms with van der Waals surface area (Å²) in [5.74, 6) is -2.26. The number of aryl methyl sites for hydroxylation is 3. The lowest BCUT2D eigenvalue weighted by Crippen LogP contribution is -2.56. The predicted molar refractivity (Wildman–Crippen MR) is 247 cm³/mol. The van der Waals surface area contributed by atoms with E-state index in [2.05, 4.69) is 43.1 Å². The number of fused-ring (bicyclic) bond motifs is 5. The Morgan fingerprint density at radius 3 is 2.20 bits per heavy atom. The molecule has 0 saturated heterocycles. The van der Waals surface area contributed by atoms with Gasteiger partial charge in [-0.2, -0.15) is 5.26 Å². The van der Waals surface area contributed by atoms with Crippen molar-refractivity contribution in [2.45, 2.75) is 84.0 Å². The number of pyridine rings is 1. The van der Waals surface area contributed by atoms with Crippen molar-refractivity contribution in [3.8, 4) is 40.2 Å². The molecule has 1 aliphatic rings. The molecule has 2 aromatic heterocycles. The molecule has 3 heterocycles. The second kappa shape index (κ2) is 23.8. The van der Waals surface area contributed by atoms with Gasteiger partial charge in [0, 0.05) is 43.9 Å². The number of likely N-dealkylation sites (N-methyl/N-ethyl adjacent to an activating group) is 1. The van der Waals surface area contributed by atoms with Crippen molar-refractivity contribution in [1.82, 2.24) is 41.1 Å². The Morgan fingerprint density at radius 1 is 0.924 bits per heavy atom. The van der Waals surface area contributed by atoms with Crippen LogP contribution >= 0.6 is 0 Å². The molecule has 66 heavy (non-hydrogen) atoms. The maximum atomic E-state index is 14.7. The van der Waals surface area contributed by atoms with Crippen LogP contribution in [-0.2, 0) is 32.0 Å². The number of carbonyl (C=O) groups excluding carboxylic acids is 5. The number of hydrogen-bond donors (Lipinski definition) is 7. The largest absolute Gasteiger partial charge is 0.492 e. The van der Waals surface area contributed by atoms with Crippen LogP contribution < -0.4 is 47.9 Å². The average molecular weight is 905 g/mol. The Kier molecular flexibility index (Phi) is 18.0. The molecular weight excluding hydrogens is 845 g/mol. The maximum absolute atomic E-state index is 14.7. The summed E-state index contributed by atoms with van der Waals surface area (Å²) in [5.41, 5.74) is 22.1. The summed E-state index contributed by atoms with van der Waals surface area (Å²) in [6.07, 6.45) is 4.81. The summed E-state index contributed by atoms with van der Waals surface area (Å²) in [5, 5.41) is 19.9. The molecule has 0 fully saturated rings. The molecule has 5 rings (SSSR count). The van der Waals surface area contributed by atoms with Gasteiger partial charge in [0.2, 0.25) is 23.6 Å². The molecule has 0 aliphatic carbocycles. The molecule has 0 saturated carbocycles. The van der Waals surface area contributed by atoms with E-state index in [0.717, 1.165) is 24.8 Å². The molecule has 350 valence electrons. The number of rotatable bonds is 18. The second-order valence-electron chi connectivity index (χ2n) is 15.9. The van der Waals surface area contributed by atoms with Gasteiger partial charge in [-0.1, -0.05) is 31.5 Å². The van der Waals surface area contributed by atoms with Crippen molar-refractivity contribution < 1.29 is 33.4 Å².